The van der Waals surface area contributed by atoms with Crippen molar-refractivity contribution in [2.75, 3.05) is 32.7 Å². The molecule has 4 heteroatoms. The van der Waals surface area contributed by atoms with Crippen LogP contribution in [0.5, 0.6) is 0 Å². The summed E-state index contributed by atoms with van der Waals surface area (Å²) in [5.41, 5.74) is 5.39. The average Bonchev–Trinajstić information content (AvgIpc) is 2.40. The van der Waals surface area contributed by atoms with Crippen LogP contribution in [0.1, 0.15) is 25.7 Å². The van der Waals surface area contributed by atoms with E-state index in [1.165, 1.54) is 32.5 Å². The molecule has 0 radical (unpaired) electrons. The number of likely N-dealkylation sites (tertiary alicyclic amines) is 1. The van der Waals surface area contributed by atoms with Gasteiger partial charge in [0.1, 0.15) is 0 Å². The number of primary amides is 1. The maximum Gasteiger partial charge on any atom is 0.220 e. The smallest absolute Gasteiger partial charge is 0.220 e. The first-order valence-electron chi connectivity index (χ1n) is 7.00. The zero-order valence-electron chi connectivity index (χ0n) is 10.5. The van der Waals surface area contributed by atoms with Crippen LogP contribution in [0.4, 0.5) is 0 Å². The van der Waals surface area contributed by atoms with Gasteiger partial charge in [0.2, 0.25) is 5.91 Å². The Kier molecular flexibility index (Phi) is 3.09. The van der Waals surface area contributed by atoms with Gasteiger partial charge in [-0.3, -0.25) is 9.69 Å². The van der Waals surface area contributed by atoms with Gasteiger partial charge < -0.3 is 10.6 Å². The number of nitrogens with zero attached hydrogens (tertiary/aromatic N) is 2. The Morgan fingerprint density at radius 3 is 2.12 bits per heavy atom. The standard InChI is InChI=1S/C13H23N3O/c14-13(17)11-3-7-16(8-4-11)12-9-15-5-1-10(12)2-6-15/h10-12H,1-9H2,(H2,14,17). The highest BCUT2D eigenvalue weighted by Crippen LogP contribution is 2.32. The van der Waals surface area contributed by atoms with Gasteiger partial charge >= 0.3 is 0 Å². The summed E-state index contributed by atoms with van der Waals surface area (Å²) in [6.45, 7) is 6.01. The Hall–Kier alpha value is -0.610. The lowest BCUT2D eigenvalue weighted by Crippen LogP contribution is -2.58. The molecule has 2 N–H and O–H groups in total. The van der Waals surface area contributed by atoms with Crippen LogP contribution in [0.2, 0.25) is 0 Å². The molecule has 4 aliphatic heterocycles. The van der Waals surface area contributed by atoms with Crippen LogP contribution in [-0.4, -0.2) is 54.5 Å². The maximum absolute atomic E-state index is 11.2. The SMILES string of the molecule is NC(=O)C1CCN(C2CN3CCC2CC3)CC1. The third-order valence-electron chi connectivity index (χ3n) is 5.02. The Morgan fingerprint density at radius 2 is 1.65 bits per heavy atom. The molecule has 1 unspecified atom stereocenters. The highest BCUT2D eigenvalue weighted by atomic mass is 16.1. The van der Waals surface area contributed by atoms with E-state index >= 15 is 0 Å². The predicted molar refractivity (Wildman–Crippen MR) is 66.4 cm³/mol. The van der Waals surface area contributed by atoms with Crippen molar-refractivity contribution in [1.29, 1.82) is 0 Å². The van der Waals surface area contributed by atoms with Crippen LogP contribution in [0.15, 0.2) is 0 Å². The third-order valence-corrected chi connectivity index (χ3v) is 5.02. The largest absolute Gasteiger partial charge is 0.369 e. The van der Waals surface area contributed by atoms with Gasteiger partial charge in [0, 0.05) is 18.5 Å². The molecule has 0 aromatic heterocycles. The number of carbonyl (C=O) groups is 1. The number of nitrogens with two attached hydrogens (primary N) is 1. The fourth-order valence-corrected chi connectivity index (χ4v) is 3.86. The summed E-state index contributed by atoms with van der Waals surface area (Å²) in [7, 11) is 0. The molecule has 4 heterocycles. The molecule has 0 saturated carbocycles. The van der Waals surface area contributed by atoms with Gasteiger partial charge in [-0.05, 0) is 57.8 Å². The zero-order chi connectivity index (χ0) is 11.8. The summed E-state index contributed by atoms with van der Waals surface area (Å²) in [5.74, 6) is 0.941. The van der Waals surface area contributed by atoms with Crippen molar-refractivity contribution in [2.24, 2.45) is 17.6 Å². The van der Waals surface area contributed by atoms with Crippen LogP contribution < -0.4 is 5.73 Å². The van der Waals surface area contributed by atoms with Gasteiger partial charge in [0.05, 0.1) is 0 Å². The fraction of sp³-hybridized carbons (Fsp3) is 0.923. The Balaban J connectivity index is 1.58. The minimum Gasteiger partial charge on any atom is -0.369 e. The number of fused-ring (bicyclic) bond motifs is 3. The number of hydrogen-bond donors (Lipinski definition) is 1. The van der Waals surface area contributed by atoms with E-state index in [0.717, 1.165) is 37.9 Å². The Labute approximate surface area is 103 Å². The van der Waals surface area contributed by atoms with Gasteiger partial charge in [-0.2, -0.15) is 0 Å². The minimum absolute atomic E-state index is 0.0986. The molecule has 2 bridgehead atoms. The summed E-state index contributed by atoms with van der Waals surface area (Å²) in [6.07, 6.45) is 4.69. The van der Waals surface area contributed by atoms with Crippen molar-refractivity contribution >= 4 is 5.91 Å². The molecule has 4 fully saturated rings. The van der Waals surface area contributed by atoms with Crippen LogP contribution in [0.3, 0.4) is 0 Å². The van der Waals surface area contributed by atoms with Gasteiger partial charge in [0.15, 0.2) is 0 Å². The topological polar surface area (TPSA) is 49.6 Å². The van der Waals surface area contributed by atoms with Crippen LogP contribution in [0, 0.1) is 11.8 Å². The monoisotopic (exact) mass is 237 g/mol. The lowest BCUT2D eigenvalue weighted by molar-refractivity contribution is -0.123. The summed E-state index contributed by atoms with van der Waals surface area (Å²) in [5, 5.41) is 0. The highest BCUT2D eigenvalue weighted by molar-refractivity contribution is 5.76. The molecule has 0 aliphatic carbocycles. The van der Waals surface area contributed by atoms with Gasteiger partial charge in [-0.25, -0.2) is 0 Å². The van der Waals surface area contributed by atoms with Crippen molar-refractivity contribution in [3.63, 3.8) is 0 Å². The zero-order valence-corrected chi connectivity index (χ0v) is 10.5. The summed E-state index contributed by atoms with van der Waals surface area (Å²) in [4.78, 5) is 16.4. The van der Waals surface area contributed by atoms with Crippen LogP contribution in [0.25, 0.3) is 0 Å². The first kappa shape index (κ1) is 11.5. The van der Waals surface area contributed by atoms with E-state index in [9.17, 15) is 4.79 Å². The molecule has 17 heavy (non-hydrogen) atoms. The second-order valence-electron chi connectivity index (χ2n) is 5.92. The first-order valence-corrected chi connectivity index (χ1v) is 7.00. The fourth-order valence-electron chi connectivity index (χ4n) is 3.86. The van der Waals surface area contributed by atoms with E-state index < -0.39 is 0 Å². The van der Waals surface area contributed by atoms with Crippen LogP contribution >= 0.6 is 0 Å². The van der Waals surface area contributed by atoms with E-state index in [-0.39, 0.29) is 11.8 Å². The third kappa shape index (κ3) is 2.20. The normalized spacial score (nSPS) is 39.4. The molecular weight excluding hydrogens is 214 g/mol. The molecule has 1 atom stereocenters. The van der Waals surface area contributed by atoms with Crippen molar-refractivity contribution in [3.8, 4) is 0 Å². The second-order valence-corrected chi connectivity index (χ2v) is 5.92. The molecule has 4 aliphatic rings. The van der Waals surface area contributed by atoms with Crippen molar-refractivity contribution < 1.29 is 4.79 Å². The minimum atomic E-state index is -0.0986. The molecule has 0 aromatic rings. The molecule has 1 amide bonds. The maximum atomic E-state index is 11.2. The average molecular weight is 237 g/mol. The van der Waals surface area contributed by atoms with Crippen molar-refractivity contribution in [3.05, 3.63) is 0 Å². The predicted octanol–water partition coefficient (Wildman–Crippen LogP) is 0.278. The Morgan fingerprint density at radius 1 is 1.00 bits per heavy atom. The number of piperidine rings is 4. The lowest BCUT2D eigenvalue weighted by Gasteiger charge is -2.50. The van der Waals surface area contributed by atoms with Gasteiger partial charge in [-0.1, -0.05) is 0 Å². The number of amides is 1. The molecule has 96 valence electrons. The molecular formula is C13H23N3O. The summed E-state index contributed by atoms with van der Waals surface area (Å²) < 4.78 is 0. The van der Waals surface area contributed by atoms with E-state index in [0.29, 0.717) is 0 Å². The lowest BCUT2D eigenvalue weighted by atomic mass is 9.82. The van der Waals surface area contributed by atoms with Crippen molar-refractivity contribution in [2.45, 2.75) is 31.7 Å². The van der Waals surface area contributed by atoms with E-state index in [1.807, 2.05) is 0 Å². The Bertz CT molecular complexity index is 291. The number of carbonyl (C=O) groups excluding carboxylic acids is 1. The summed E-state index contributed by atoms with van der Waals surface area (Å²) in [6, 6.07) is 0.756. The summed E-state index contributed by atoms with van der Waals surface area (Å²) >= 11 is 0. The number of rotatable bonds is 2. The van der Waals surface area contributed by atoms with Gasteiger partial charge in [-0.15, -0.1) is 0 Å². The number of hydrogen-bond acceptors (Lipinski definition) is 3. The highest BCUT2D eigenvalue weighted by Gasteiger charge is 2.38. The van der Waals surface area contributed by atoms with E-state index in [2.05, 4.69) is 9.80 Å². The van der Waals surface area contributed by atoms with Gasteiger partial charge in [0.25, 0.3) is 0 Å². The van der Waals surface area contributed by atoms with Crippen LogP contribution in [-0.2, 0) is 4.79 Å². The molecule has 0 aromatic carbocycles. The first-order chi connectivity index (χ1) is 8.24. The van der Waals surface area contributed by atoms with E-state index in [4.69, 9.17) is 5.73 Å². The molecule has 4 nitrogen and oxygen atoms in total. The molecule has 0 spiro atoms. The second kappa shape index (κ2) is 4.58. The van der Waals surface area contributed by atoms with Crippen molar-refractivity contribution in [1.82, 2.24) is 9.80 Å². The quantitative estimate of drug-likeness (QED) is 0.750. The molecule has 4 rings (SSSR count). The van der Waals surface area contributed by atoms with E-state index in [1.54, 1.807) is 0 Å². The molecule has 4 saturated heterocycles.